The SMILES string of the molecule is N#Cc1cc(F)cc(Oc2ccc3c4c2[C@@H](F)C(F)(F)[C@]4(O)C(F)(F)C3(F)F)c1. The monoisotopic (exact) mass is 421 g/mol. The lowest BCUT2D eigenvalue weighted by Crippen LogP contribution is -2.58. The van der Waals surface area contributed by atoms with Gasteiger partial charge in [-0.2, -0.15) is 31.6 Å². The summed E-state index contributed by atoms with van der Waals surface area (Å²) in [4.78, 5) is 0. The number of alkyl halides is 7. The van der Waals surface area contributed by atoms with Crippen LogP contribution < -0.4 is 4.74 Å². The molecule has 0 aromatic heterocycles. The van der Waals surface area contributed by atoms with E-state index in [1.54, 1.807) is 6.07 Å². The fourth-order valence-electron chi connectivity index (χ4n) is 3.70. The van der Waals surface area contributed by atoms with Crippen molar-refractivity contribution in [2.75, 3.05) is 0 Å². The molecule has 0 aliphatic heterocycles. The van der Waals surface area contributed by atoms with Gasteiger partial charge in [0.05, 0.1) is 11.6 Å². The molecule has 11 heteroatoms. The van der Waals surface area contributed by atoms with Gasteiger partial charge < -0.3 is 9.84 Å². The smallest absolute Gasteiger partial charge is 0.352 e. The van der Waals surface area contributed by atoms with E-state index in [0.29, 0.717) is 18.2 Å². The highest BCUT2D eigenvalue weighted by Crippen LogP contribution is 2.73. The first-order valence-electron chi connectivity index (χ1n) is 7.87. The maximum Gasteiger partial charge on any atom is 0.352 e. The molecule has 2 aliphatic rings. The Morgan fingerprint density at radius 2 is 1.69 bits per heavy atom. The van der Waals surface area contributed by atoms with Crippen LogP contribution in [0.1, 0.15) is 28.4 Å². The van der Waals surface area contributed by atoms with Crippen molar-refractivity contribution in [1.82, 2.24) is 0 Å². The van der Waals surface area contributed by atoms with E-state index in [-0.39, 0.29) is 5.56 Å². The van der Waals surface area contributed by atoms with Gasteiger partial charge in [0, 0.05) is 22.8 Å². The zero-order valence-electron chi connectivity index (χ0n) is 13.8. The summed E-state index contributed by atoms with van der Waals surface area (Å²) in [6.45, 7) is 0. The number of aliphatic hydroxyl groups is 1. The van der Waals surface area contributed by atoms with Crippen LogP contribution in [0, 0.1) is 17.1 Å². The summed E-state index contributed by atoms with van der Waals surface area (Å²) < 4.78 is 118. The first-order valence-corrected chi connectivity index (χ1v) is 7.87. The zero-order chi connectivity index (χ0) is 21.6. The number of ether oxygens (including phenoxy) is 1. The van der Waals surface area contributed by atoms with Gasteiger partial charge in [0.1, 0.15) is 17.3 Å². The van der Waals surface area contributed by atoms with Crippen molar-refractivity contribution in [2.24, 2.45) is 0 Å². The number of nitriles is 1. The third-order valence-electron chi connectivity index (χ3n) is 5.04. The van der Waals surface area contributed by atoms with Gasteiger partial charge >= 0.3 is 17.8 Å². The average molecular weight is 421 g/mol. The van der Waals surface area contributed by atoms with Crippen molar-refractivity contribution >= 4 is 0 Å². The van der Waals surface area contributed by atoms with Crippen molar-refractivity contribution < 1.29 is 45.0 Å². The summed E-state index contributed by atoms with van der Waals surface area (Å²) in [5.74, 6) is -18.6. The normalized spacial score (nSPS) is 27.4. The molecule has 2 aromatic rings. The Balaban J connectivity index is 1.96. The maximum atomic E-state index is 14.5. The number of rotatable bonds is 2. The van der Waals surface area contributed by atoms with E-state index in [1.165, 1.54) is 0 Å². The third-order valence-corrected chi connectivity index (χ3v) is 5.04. The minimum atomic E-state index is -5.72. The average Bonchev–Trinajstić information content (AvgIpc) is 2.87. The predicted molar refractivity (Wildman–Crippen MR) is 79.2 cm³/mol. The van der Waals surface area contributed by atoms with Crippen LogP contribution in [0.25, 0.3) is 0 Å². The fraction of sp³-hybridized carbons (Fsp3) is 0.278. The molecule has 2 atom stereocenters. The largest absolute Gasteiger partial charge is 0.457 e. The number of benzene rings is 2. The van der Waals surface area contributed by atoms with Crippen LogP contribution in [0.5, 0.6) is 11.5 Å². The Morgan fingerprint density at radius 3 is 2.31 bits per heavy atom. The summed E-state index contributed by atoms with van der Waals surface area (Å²) in [6.07, 6.45) is -3.61. The third kappa shape index (κ3) is 2.04. The lowest BCUT2D eigenvalue weighted by Gasteiger charge is -2.35. The summed E-state index contributed by atoms with van der Waals surface area (Å²) >= 11 is 0. The van der Waals surface area contributed by atoms with Crippen molar-refractivity contribution in [3.8, 4) is 17.6 Å². The molecule has 152 valence electrons. The quantitative estimate of drug-likeness (QED) is 0.689. The molecule has 4 rings (SSSR count). The lowest BCUT2D eigenvalue weighted by molar-refractivity contribution is -0.347. The topological polar surface area (TPSA) is 53.2 Å². The van der Waals surface area contributed by atoms with Crippen LogP contribution in [0.3, 0.4) is 0 Å². The van der Waals surface area contributed by atoms with Crippen LogP contribution in [-0.2, 0) is 11.5 Å². The van der Waals surface area contributed by atoms with Crippen molar-refractivity contribution in [3.05, 3.63) is 58.4 Å². The molecule has 0 fully saturated rings. The molecule has 0 spiro atoms. The minimum Gasteiger partial charge on any atom is -0.457 e. The molecule has 0 radical (unpaired) electrons. The van der Waals surface area contributed by atoms with E-state index in [0.717, 1.165) is 12.1 Å². The van der Waals surface area contributed by atoms with E-state index in [9.17, 15) is 40.2 Å². The Kier molecular flexibility index (Phi) is 3.61. The molecule has 29 heavy (non-hydrogen) atoms. The van der Waals surface area contributed by atoms with Gasteiger partial charge in [0.25, 0.3) is 0 Å². The second kappa shape index (κ2) is 5.38. The standard InChI is InChI=1S/C18H7F8NO2/c19-8-3-7(6-27)4-9(5-8)29-11-2-1-10-13-12(11)14(20)17(23,24)15(13,28)18(25,26)16(10,21)22/h1-5,14,28H/t14-,15+/m1/s1. The van der Waals surface area contributed by atoms with Gasteiger partial charge in [-0.3, -0.25) is 0 Å². The van der Waals surface area contributed by atoms with E-state index in [1.807, 2.05) is 0 Å². The van der Waals surface area contributed by atoms with Crippen LogP contribution >= 0.6 is 0 Å². The number of nitrogens with zero attached hydrogens (tertiary/aromatic N) is 1. The maximum absolute atomic E-state index is 14.5. The minimum absolute atomic E-state index is 0.269. The van der Waals surface area contributed by atoms with Crippen molar-refractivity contribution in [3.63, 3.8) is 0 Å². The number of hydrogen-bond acceptors (Lipinski definition) is 3. The van der Waals surface area contributed by atoms with Gasteiger partial charge in [-0.05, 0) is 24.3 Å². The molecule has 2 aliphatic carbocycles. The van der Waals surface area contributed by atoms with Gasteiger partial charge in [0.2, 0.25) is 5.60 Å². The summed E-state index contributed by atoms with van der Waals surface area (Å²) in [5, 5.41) is 18.8. The van der Waals surface area contributed by atoms with Gasteiger partial charge in [-0.1, -0.05) is 0 Å². The number of hydrogen-bond donors (Lipinski definition) is 1. The zero-order valence-corrected chi connectivity index (χ0v) is 13.8. The van der Waals surface area contributed by atoms with Crippen molar-refractivity contribution in [1.29, 1.82) is 5.26 Å². The van der Waals surface area contributed by atoms with Crippen LogP contribution in [0.2, 0.25) is 0 Å². The summed E-state index contributed by atoms with van der Waals surface area (Å²) in [7, 11) is 0. The molecule has 0 unspecified atom stereocenters. The Labute approximate surface area is 156 Å². The molecule has 0 bridgehead atoms. The Bertz CT molecular complexity index is 1090. The van der Waals surface area contributed by atoms with Gasteiger partial charge in [-0.15, -0.1) is 0 Å². The van der Waals surface area contributed by atoms with E-state index in [2.05, 4.69) is 0 Å². The molecule has 0 amide bonds. The van der Waals surface area contributed by atoms with E-state index >= 15 is 0 Å². The van der Waals surface area contributed by atoms with Gasteiger partial charge in [0.15, 0.2) is 6.17 Å². The van der Waals surface area contributed by atoms with E-state index in [4.69, 9.17) is 10.00 Å². The highest BCUT2D eigenvalue weighted by Gasteiger charge is 2.88. The second-order valence-electron chi connectivity index (χ2n) is 6.63. The van der Waals surface area contributed by atoms with E-state index < -0.39 is 63.5 Å². The molecule has 0 saturated carbocycles. The first-order chi connectivity index (χ1) is 13.3. The van der Waals surface area contributed by atoms with Crippen molar-refractivity contribution in [2.45, 2.75) is 29.5 Å². The van der Waals surface area contributed by atoms with Gasteiger partial charge in [-0.25, -0.2) is 8.78 Å². The molecular formula is C18H7F8NO2. The molecule has 2 aromatic carbocycles. The van der Waals surface area contributed by atoms with Crippen LogP contribution in [0.15, 0.2) is 30.3 Å². The Morgan fingerprint density at radius 1 is 1.03 bits per heavy atom. The lowest BCUT2D eigenvalue weighted by atomic mass is 9.91. The second-order valence-corrected chi connectivity index (χ2v) is 6.63. The predicted octanol–water partition coefficient (Wildman–Crippen LogP) is 5.08. The molecule has 0 heterocycles. The van der Waals surface area contributed by atoms with Crippen LogP contribution in [0.4, 0.5) is 35.1 Å². The molecule has 1 N–H and O–H groups in total. The summed E-state index contributed by atoms with van der Waals surface area (Å²) in [5.41, 5.74) is -9.81. The first kappa shape index (κ1) is 19.4. The highest BCUT2D eigenvalue weighted by atomic mass is 19.3. The summed E-state index contributed by atoms with van der Waals surface area (Å²) in [6, 6.07) is 4.81. The fourth-order valence-corrected chi connectivity index (χ4v) is 3.70. The Hall–Kier alpha value is -2.87. The number of halogens is 8. The highest BCUT2D eigenvalue weighted by molar-refractivity contribution is 5.62. The molecular weight excluding hydrogens is 414 g/mol. The molecule has 0 saturated heterocycles. The molecule has 3 nitrogen and oxygen atoms in total. The van der Waals surface area contributed by atoms with Crippen LogP contribution in [-0.4, -0.2) is 17.0 Å².